The Hall–Kier alpha value is -1.05. The predicted molar refractivity (Wildman–Crippen MR) is 95.9 cm³/mol. The van der Waals surface area contributed by atoms with Gasteiger partial charge in [-0.3, -0.25) is 0 Å². The van der Waals surface area contributed by atoms with Gasteiger partial charge in [0.1, 0.15) is 0 Å². The first-order valence-corrected chi connectivity index (χ1v) is 8.89. The van der Waals surface area contributed by atoms with E-state index in [1.54, 1.807) is 6.08 Å². The molecule has 2 heteroatoms. The average Bonchev–Trinajstić information content (AvgIpc) is 2.44. The summed E-state index contributed by atoms with van der Waals surface area (Å²) in [4.78, 5) is 11.4. The summed E-state index contributed by atoms with van der Waals surface area (Å²) in [6, 6.07) is 0. The Kier molecular flexibility index (Phi) is 11.9. The Labute approximate surface area is 138 Å². The maximum atomic E-state index is 11.4. The first-order valence-electron chi connectivity index (χ1n) is 8.89. The summed E-state index contributed by atoms with van der Waals surface area (Å²) in [6.07, 6.45) is 11.6. The van der Waals surface area contributed by atoms with E-state index in [2.05, 4.69) is 33.8 Å². The fourth-order valence-electron chi connectivity index (χ4n) is 2.35. The van der Waals surface area contributed by atoms with Crippen molar-refractivity contribution in [1.82, 2.24) is 0 Å². The Morgan fingerprint density at radius 3 is 2.23 bits per heavy atom. The third-order valence-electron chi connectivity index (χ3n) is 4.05. The van der Waals surface area contributed by atoms with Crippen molar-refractivity contribution in [3.05, 3.63) is 23.3 Å². The van der Waals surface area contributed by atoms with Gasteiger partial charge in [0.25, 0.3) is 0 Å². The molecule has 0 spiro atoms. The number of hydrogen-bond acceptors (Lipinski definition) is 2. The van der Waals surface area contributed by atoms with Crippen molar-refractivity contribution >= 4 is 5.97 Å². The molecule has 1 atom stereocenters. The molecule has 2 nitrogen and oxygen atoms in total. The molecule has 0 aromatic carbocycles. The van der Waals surface area contributed by atoms with Crippen molar-refractivity contribution in [3.8, 4) is 0 Å². The lowest BCUT2D eigenvalue weighted by Crippen LogP contribution is -2.01. The molecule has 128 valence electrons. The molecule has 0 aliphatic heterocycles. The van der Waals surface area contributed by atoms with Crippen LogP contribution in [0, 0.1) is 11.8 Å². The van der Waals surface area contributed by atoms with Crippen LogP contribution >= 0.6 is 0 Å². The highest BCUT2D eigenvalue weighted by atomic mass is 16.5. The van der Waals surface area contributed by atoms with Crippen LogP contribution in [0.3, 0.4) is 0 Å². The zero-order valence-corrected chi connectivity index (χ0v) is 15.6. The molecule has 0 N–H and O–H groups in total. The molecule has 0 fully saturated rings. The number of carbonyl (C=O) groups is 1. The summed E-state index contributed by atoms with van der Waals surface area (Å²) in [5, 5.41) is 0. The molecule has 0 radical (unpaired) electrons. The Morgan fingerprint density at radius 1 is 1.00 bits per heavy atom. The minimum Gasteiger partial charge on any atom is -0.463 e. The summed E-state index contributed by atoms with van der Waals surface area (Å²) in [5.41, 5.74) is 2.18. The van der Waals surface area contributed by atoms with Crippen LogP contribution < -0.4 is 0 Å². The molecule has 0 aromatic heterocycles. The summed E-state index contributed by atoms with van der Waals surface area (Å²) < 4.78 is 4.94. The highest BCUT2D eigenvalue weighted by Crippen LogP contribution is 2.18. The van der Waals surface area contributed by atoms with Gasteiger partial charge in [-0.15, -0.1) is 0 Å². The van der Waals surface area contributed by atoms with Crippen LogP contribution in [-0.4, -0.2) is 12.6 Å². The van der Waals surface area contributed by atoms with Crippen molar-refractivity contribution in [3.63, 3.8) is 0 Å². The van der Waals surface area contributed by atoms with Gasteiger partial charge in [0.2, 0.25) is 0 Å². The number of allylic oxidation sites excluding steroid dienone is 3. The molecule has 0 aromatic rings. The summed E-state index contributed by atoms with van der Waals surface area (Å²) >= 11 is 0. The van der Waals surface area contributed by atoms with Crippen molar-refractivity contribution in [2.75, 3.05) is 6.61 Å². The SMILES string of the molecule is CCOC(=O)/C=C(C)/C(C)=C/CC(C)CCCCCC(C)C. The number of ether oxygens (including phenoxy) is 1. The third-order valence-corrected chi connectivity index (χ3v) is 4.05. The van der Waals surface area contributed by atoms with Crippen LogP contribution in [-0.2, 0) is 9.53 Å². The molecular formula is C20H36O2. The van der Waals surface area contributed by atoms with E-state index in [-0.39, 0.29) is 5.97 Å². The van der Waals surface area contributed by atoms with Crippen LogP contribution in [0.2, 0.25) is 0 Å². The van der Waals surface area contributed by atoms with Gasteiger partial charge in [-0.25, -0.2) is 4.79 Å². The van der Waals surface area contributed by atoms with Gasteiger partial charge in [-0.2, -0.15) is 0 Å². The van der Waals surface area contributed by atoms with Crippen LogP contribution in [0.5, 0.6) is 0 Å². The molecule has 0 amide bonds. The molecule has 0 heterocycles. The van der Waals surface area contributed by atoms with E-state index in [1.807, 2.05) is 13.8 Å². The lowest BCUT2D eigenvalue weighted by molar-refractivity contribution is -0.137. The molecule has 0 rings (SSSR count). The summed E-state index contributed by atoms with van der Waals surface area (Å²) in [6.45, 7) is 13.2. The molecule has 0 saturated heterocycles. The topological polar surface area (TPSA) is 26.3 Å². The zero-order chi connectivity index (χ0) is 17.0. The smallest absolute Gasteiger partial charge is 0.331 e. The maximum Gasteiger partial charge on any atom is 0.331 e. The second-order valence-corrected chi connectivity index (χ2v) is 6.84. The number of unbranched alkanes of at least 4 members (excludes halogenated alkanes) is 2. The van der Waals surface area contributed by atoms with E-state index in [0.717, 1.165) is 17.9 Å². The van der Waals surface area contributed by atoms with Crippen molar-refractivity contribution in [2.24, 2.45) is 11.8 Å². The first-order chi connectivity index (χ1) is 10.4. The minimum atomic E-state index is -0.244. The van der Waals surface area contributed by atoms with E-state index in [1.165, 1.54) is 37.7 Å². The predicted octanol–water partition coefficient (Wildman–Crippen LogP) is 6.07. The average molecular weight is 309 g/mol. The molecular weight excluding hydrogens is 272 g/mol. The largest absolute Gasteiger partial charge is 0.463 e. The van der Waals surface area contributed by atoms with Gasteiger partial charge in [-0.1, -0.05) is 64.5 Å². The van der Waals surface area contributed by atoms with Crippen LogP contribution in [0.4, 0.5) is 0 Å². The van der Waals surface area contributed by atoms with Crippen molar-refractivity contribution in [2.45, 2.75) is 80.1 Å². The Morgan fingerprint density at radius 2 is 1.64 bits per heavy atom. The van der Waals surface area contributed by atoms with Gasteiger partial charge in [0.15, 0.2) is 0 Å². The van der Waals surface area contributed by atoms with E-state index < -0.39 is 0 Å². The van der Waals surface area contributed by atoms with Gasteiger partial charge >= 0.3 is 5.97 Å². The highest BCUT2D eigenvalue weighted by molar-refractivity contribution is 5.83. The van der Waals surface area contributed by atoms with Crippen LogP contribution in [0.15, 0.2) is 23.3 Å². The van der Waals surface area contributed by atoms with Gasteiger partial charge < -0.3 is 4.74 Å². The Balaban J connectivity index is 4.04. The maximum absolute atomic E-state index is 11.4. The fraction of sp³-hybridized carbons (Fsp3) is 0.750. The van der Waals surface area contributed by atoms with Crippen molar-refractivity contribution < 1.29 is 9.53 Å². The highest BCUT2D eigenvalue weighted by Gasteiger charge is 2.03. The lowest BCUT2D eigenvalue weighted by atomic mass is 9.96. The Bertz CT molecular complexity index is 364. The monoisotopic (exact) mass is 308 g/mol. The second kappa shape index (κ2) is 12.5. The quantitative estimate of drug-likeness (QED) is 0.200. The molecule has 1 unspecified atom stereocenters. The van der Waals surface area contributed by atoms with Gasteiger partial charge in [-0.05, 0) is 44.6 Å². The summed E-state index contributed by atoms with van der Waals surface area (Å²) in [7, 11) is 0. The minimum absolute atomic E-state index is 0.244. The molecule has 0 saturated carbocycles. The molecule has 0 bridgehead atoms. The van der Waals surface area contributed by atoms with Crippen molar-refractivity contribution in [1.29, 1.82) is 0 Å². The van der Waals surface area contributed by atoms with Crippen LogP contribution in [0.25, 0.3) is 0 Å². The number of carbonyl (C=O) groups excluding carboxylic acids is 1. The number of esters is 1. The van der Waals surface area contributed by atoms with Crippen LogP contribution in [0.1, 0.15) is 80.1 Å². The molecule has 0 aliphatic carbocycles. The normalized spacial score (nSPS) is 14.3. The summed E-state index contributed by atoms with van der Waals surface area (Å²) in [5.74, 6) is 1.30. The lowest BCUT2D eigenvalue weighted by Gasteiger charge is -2.10. The number of rotatable bonds is 11. The fourth-order valence-corrected chi connectivity index (χ4v) is 2.35. The number of hydrogen-bond donors (Lipinski definition) is 0. The second-order valence-electron chi connectivity index (χ2n) is 6.84. The first kappa shape index (κ1) is 20.9. The van der Waals surface area contributed by atoms with E-state index in [4.69, 9.17) is 4.74 Å². The van der Waals surface area contributed by atoms with E-state index in [0.29, 0.717) is 12.5 Å². The van der Waals surface area contributed by atoms with E-state index >= 15 is 0 Å². The van der Waals surface area contributed by atoms with E-state index in [9.17, 15) is 4.79 Å². The standard InChI is InChI=1S/C20H36O2/c1-7-22-20(21)15-19(6)18(5)14-13-17(4)12-10-8-9-11-16(2)3/h14-17H,7-13H2,1-6H3/b18-14+,19-15+. The zero-order valence-electron chi connectivity index (χ0n) is 15.6. The van der Waals surface area contributed by atoms with Gasteiger partial charge in [0.05, 0.1) is 6.61 Å². The molecule has 22 heavy (non-hydrogen) atoms. The molecule has 0 aliphatic rings. The third kappa shape index (κ3) is 11.6. The van der Waals surface area contributed by atoms with Gasteiger partial charge in [0, 0.05) is 6.08 Å².